The van der Waals surface area contributed by atoms with Crippen molar-refractivity contribution in [3.05, 3.63) is 63.1 Å². The highest BCUT2D eigenvalue weighted by molar-refractivity contribution is 5.96. The van der Waals surface area contributed by atoms with Gasteiger partial charge in [-0.3, -0.25) is 19.4 Å². The molecule has 4 N–H and O–H groups in total. The van der Waals surface area contributed by atoms with Gasteiger partial charge in [-0.2, -0.15) is 0 Å². The van der Waals surface area contributed by atoms with Gasteiger partial charge in [-0.1, -0.05) is 18.2 Å². The summed E-state index contributed by atoms with van der Waals surface area (Å²) in [6, 6.07) is 6.04. The fourth-order valence-electron chi connectivity index (χ4n) is 3.90. The van der Waals surface area contributed by atoms with Crippen LogP contribution in [0.15, 0.2) is 35.1 Å². The zero-order valence-corrected chi connectivity index (χ0v) is 19.9. The fraction of sp³-hybridized carbons (Fsp3) is 0.400. The van der Waals surface area contributed by atoms with Crippen molar-refractivity contribution in [1.82, 2.24) is 15.3 Å². The summed E-state index contributed by atoms with van der Waals surface area (Å²) >= 11 is 0. The summed E-state index contributed by atoms with van der Waals surface area (Å²) in [5.74, 6) is -1.37. The van der Waals surface area contributed by atoms with Gasteiger partial charge in [0.1, 0.15) is 6.04 Å². The zero-order chi connectivity index (χ0) is 25.4. The molecule has 10 nitrogen and oxygen atoms in total. The number of amides is 1. The van der Waals surface area contributed by atoms with Gasteiger partial charge in [-0.15, -0.1) is 0 Å². The Morgan fingerprint density at radius 2 is 1.83 bits per heavy atom. The number of nitrogens with zero attached hydrogens (tertiary/aromatic N) is 1. The molecular formula is C25H30N4O6. The Kier molecular flexibility index (Phi) is 8.77. The summed E-state index contributed by atoms with van der Waals surface area (Å²) in [4.78, 5) is 55.6. The lowest BCUT2D eigenvalue weighted by molar-refractivity contribution is -0.146. The van der Waals surface area contributed by atoms with E-state index in [1.807, 2.05) is 18.2 Å². The first-order valence-electron chi connectivity index (χ1n) is 11.6. The van der Waals surface area contributed by atoms with Gasteiger partial charge in [-0.25, -0.2) is 9.78 Å². The fourth-order valence-corrected chi connectivity index (χ4v) is 3.90. The SMILES string of the molecule is CCOC(=O)CC[C@H](NC(=O)c1ccc(CCC2=CCc3nc(N)[nH]c(=O)c32)cc1)C(=O)OCC. The number of nitrogen functional groups attached to an aromatic ring is 1. The molecule has 10 heteroatoms. The van der Waals surface area contributed by atoms with E-state index in [0.29, 0.717) is 36.1 Å². The number of H-pyrrole nitrogens is 1. The molecule has 35 heavy (non-hydrogen) atoms. The number of esters is 2. The molecule has 0 radical (unpaired) electrons. The van der Waals surface area contributed by atoms with Crippen LogP contribution in [-0.4, -0.2) is 47.1 Å². The van der Waals surface area contributed by atoms with Crippen molar-refractivity contribution in [3.8, 4) is 0 Å². The molecule has 1 aliphatic carbocycles. The molecule has 1 amide bonds. The maximum atomic E-state index is 12.7. The van der Waals surface area contributed by atoms with Gasteiger partial charge in [0.15, 0.2) is 0 Å². The van der Waals surface area contributed by atoms with E-state index in [1.165, 1.54) is 0 Å². The van der Waals surface area contributed by atoms with E-state index in [2.05, 4.69) is 15.3 Å². The molecule has 1 heterocycles. The second-order valence-corrected chi connectivity index (χ2v) is 8.03. The molecule has 1 aromatic heterocycles. The third-order valence-corrected chi connectivity index (χ3v) is 5.59. The molecule has 0 saturated carbocycles. The van der Waals surface area contributed by atoms with E-state index in [1.54, 1.807) is 26.0 Å². The van der Waals surface area contributed by atoms with Gasteiger partial charge >= 0.3 is 11.9 Å². The van der Waals surface area contributed by atoms with Crippen molar-refractivity contribution in [2.45, 2.75) is 52.0 Å². The van der Waals surface area contributed by atoms with Gasteiger partial charge in [0.25, 0.3) is 11.5 Å². The molecule has 0 bridgehead atoms. The molecule has 0 fully saturated rings. The average molecular weight is 483 g/mol. The number of hydrogen-bond acceptors (Lipinski definition) is 8. The van der Waals surface area contributed by atoms with E-state index in [0.717, 1.165) is 11.1 Å². The minimum atomic E-state index is -0.957. The van der Waals surface area contributed by atoms with Crippen LogP contribution in [0.4, 0.5) is 5.95 Å². The number of nitrogens with one attached hydrogen (secondary N) is 2. The number of allylic oxidation sites excluding steroid dienone is 2. The summed E-state index contributed by atoms with van der Waals surface area (Å²) in [5, 5.41) is 2.65. The molecular weight excluding hydrogens is 452 g/mol. The number of aryl methyl sites for hydroxylation is 1. The number of nitrogens with two attached hydrogens (primary N) is 1. The molecule has 0 aliphatic heterocycles. The van der Waals surface area contributed by atoms with Crippen LogP contribution in [-0.2, 0) is 31.9 Å². The lowest BCUT2D eigenvalue weighted by Gasteiger charge is -2.17. The number of carbonyl (C=O) groups is 3. The summed E-state index contributed by atoms with van der Waals surface area (Å²) in [6.07, 6.45) is 3.95. The first-order chi connectivity index (χ1) is 16.8. The molecule has 1 aromatic carbocycles. The molecule has 2 aromatic rings. The molecule has 1 atom stereocenters. The number of ether oxygens (including phenoxy) is 2. The Morgan fingerprint density at radius 3 is 2.51 bits per heavy atom. The van der Waals surface area contributed by atoms with Crippen molar-refractivity contribution in [2.24, 2.45) is 0 Å². The molecule has 0 saturated heterocycles. The van der Waals surface area contributed by atoms with Crippen LogP contribution in [0.3, 0.4) is 0 Å². The minimum absolute atomic E-state index is 0.0134. The van der Waals surface area contributed by atoms with E-state index in [9.17, 15) is 19.2 Å². The molecule has 3 rings (SSSR count). The number of fused-ring (bicyclic) bond motifs is 1. The molecule has 0 spiro atoms. The van der Waals surface area contributed by atoms with Crippen molar-refractivity contribution in [1.29, 1.82) is 0 Å². The molecule has 1 aliphatic rings. The molecule has 0 unspecified atom stereocenters. The zero-order valence-electron chi connectivity index (χ0n) is 19.9. The minimum Gasteiger partial charge on any atom is -0.466 e. The lowest BCUT2D eigenvalue weighted by Crippen LogP contribution is -2.42. The Labute approximate surface area is 202 Å². The van der Waals surface area contributed by atoms with Gasteiger partial charge in [0.05, 0.1) is 24.5 Å². The van der Waals surface area contributed by atoms with Gasteiger partial charge in [0, 0.05) is 18.4 Å². The number of aromatic nitrogens is 2. The first-order valence-corrected chi connectivity index (χ1v) is 11.6. The van der Waals surface area contributed by atoms with Crippen molar-refractivity contribution < 1.29 is 23.9 Å². The summed E-state index contributed by atoms with van der Waals surface area (Å²) in [5.41, 5.74) is 8.94. The van der Waals surface area contributed by atoms with Crippen molar-refractivity contribution >= 4 is 29.4 Å². The Bertz CT molecular complexity index is 1170. The number of anilines is 1. The lowest BCUT2D eigenvalue weighted by atomic mass is 10.0. The van der Waals surface area contributed by atoms with Crippen LogP contribution in [0.1, 0.15) is 60.3 Å². The van der Waals surface area contributed by atoms with Gasteiger partial charge in [0.2, 0.25) is 5.95 Å². The number of hydrogen-bond donors (Lipinski definition) is 3. The predicted octanol–water partition coefficient (Wildman–Crippen LogP) is 1.93. The van der Waals surface area contributed by atoms with Crippen LogP contribution in [0.25, 0.3) is 5.57 Å². The molecule has 186 valence electrons. The summed E-state index contributed by atoms with van der Waals surface area (Å²) in [7, 11) is 0. The number of aromatic amines is 1. The predicted molar refractivity (Wildman–Crippen MR) is 129 cm³/mol. The van der Waals surface area contributed by atoms with Crippen molar-refractivity contribution in [2.75, 3.05) is 18.9 Å². The maximum absolute atomic E-state index is 12.7. The van der Waals surface area contributed by atoms with Crippen LogP contribution in [0.5, 0.6) is 0 Å². The van der Waals surface area contributed by atoms with Crippen LogP contribution in [0, 0.1) is 0 Å². The monoisotopic (exact) mass is 482 g/mol. The second-order valence-electron chi connectivity index (χ2n) is 8.03. The van der Waals surface area contributed by atoms with E-state index < -0.39 is 23.9 Å². The average Bonchev–Trinajstić information content (AvgIpc) is 3.24. The first kappa shape index (κ1) is 25.7. The van der Waals surface area contributed by atoms with Crippen LogP contribution < -0.4 is 16.6 Å². The summed E-state index contributed by atoms with van der Waals surface area (Å²) < 4.78 is 9.92. The smallest absolute Gasteiger partial charge is 0.328 e. The second kappa shape index (κ2) is 12.0. The highest BCUT2D eigenvalue weighted by Crippen LogP contribution is 2.27. The van der Waals surface area contributed by atoms with Crippen LogP contribution >= 0.6 is 0 Å². The third-order valence-electron chi connectivity index (χ3n) is 5.59. The Hall–Kier alpha value is -3.95. The quantitative estimate of drug-likeness (QED) is 0.411. The van der Waals surface area contributed by atoms with Crippen LogP contribution in [0.2, 0.25) is 0 Å². The normalized spacial score (nSPS) is 12.9. The summed E-state index contributed by atoms with van der Waals surface area (Å²) in [6.45, 7) is 3.77. The van der Waals surface area contributed by atoms with E-state index in [-0.39, 0.29) is 37.6 Å². The Morgan fingerprint density at radius 1 is 1.11 bits per heavy atom. The topological polar surface area (TPSA) is 153 Å². The highest BCUT2D eigenvalue weighted by atomic mass is 16.5. The Balaban J connectivity index is 1.59. The van der Waals surface area contributed by atoms with E-state index in [4.69, 9.17) is 15.2 Å². The van der Waals surface area contributed by atoms with Gasteiger partial charge in [-0.05, 0) is 56.4 Å². The largest absolute Gasteiger partial charge is 0.466 e. The number of carbonyl (C=O) groups excluding carboxylic acids is 3. The maximum Gasteiger partial charge on any atom is 0.328 e. The number of benzene rings is 1. The number of rotatable bonds is 11. The van der Waals surface area contributed by atoms with Gasteiger partial charge < -0.3 is 20.5 Å². The standard InChI is InChI=1S/C25H30N4O6/c1-3-34-20(30)14-13-19(24(33)35-4-2)27-22(31)17-9-6-15(7-10-17)5-8-16-11-12-18-21(16)23(32)29-25(26)28-18/h6-7,9-11,19H,3-5,8,12-14H2,1-2H3,(H,27,31)(H3,26,28,29,32)/t19-/m0/s1. The van der Waals surface area contributed by atoms with Crippen molar-refractivity contribution in [3.63, 3.8) is 0 Å². The third kappa shape index (κ3) is 6.78. The highest BCUT2D eigenvalue weighted by Gasteiger charge is 2.24. The van der Waals surface area contributed by atoms with E-state index >= 15 is 0 Å².